The summed E-state index contributed by atoms with van der Waals surface area (Å²) in [5, 5.41) is 1.31. The number of hydrogen-bond donors (Lipinski definition) is 0. The Kier molecular flexibility index (Phi) is 4.15. The number of rotatable bonds is 2. The van der Waals surface area contributed by atoms with E-state index in [2.05, 4.69) is 72.4 Å². The molecule has 1 aliphatic rings. The van der Waals surface area contributed by atoms with Crippen molar-refractivity contribution in [3.8, 4) is 0 Å². The van der Waals surface area contributed by atoms with Gasteiger partial charge in [-0.1, -0.05) is 60.7 Å². The fourth-order valence-corrected chi connectivity index (χ4v) is 4.91. The van der Waals surface area contributed by atoms with Crippen molar-refractivity contribution in [3.05, 3.63) is 71.8 Å². The van der Waals surface area contributed by atoms with Crippen LogP contribution in [0.4, 0.5) is 0 Å². The van der Waals surface area contributed by atoms with Crippen molar-refractivity contribution in [2.45, 2.75) is 28.7 Å². The van der Waals surface area contributed by atoms with E-state index in [0.717, 1.165) is 12.8 Å². The van der Waals surface area contributed by atoms with Crippen molar-refractivity contribution in [3.63, 3.8) is 0 Å². The van der Waals surface area contributed by atoms with Crippen molar-refractivity contribution < 1.29 is 0 Å². The molecule has 0 N–H and O–H groups in total. The smallest absolute Gasteiger partial charge is 0.0363 e. The molecule has 2 aromatic rings. The van der Waals surface area contributed by atoms with Crippen LogP contribution in [0.15, 0.2) is 60.7 Å². The molecule has 0 radical (unpaired) electrons. The molecule has 0 aromatic heterocycles. The third kappa shape index (κ3) is 3.16. The van der Waals surface area contributed by atoms with Gasteiger partial charge in [0.15, 0.2) is 0 Å². The fourth-order valence-electron chi connectivity index (χ4n) is 2.63. The van der Waals surface area contributed by atoms with Gasteiger partial charge in [0.1, 0.15) is 0 Å². The molecule has 2 aromatic carbocycles. The molecule has 0 saturated carbocycles. The Morgan fingerprint density at radius 1 is 0.737 bits per heavy atom. The number of hydrogen-bond acceptors (Lipinski definition) is 1. The van der Waals surface area contributed by atoms with Gasteiger partial charge in [-0.25, -0.2) is 0 Å². The van der Waals surface area contributed by atoms with Crippen molar-refractivity contribution >= 4 is 23.4 Å². The topological polar surface area (TPSA) is 0 Å². The fraction of sp³-hybridized carbons (Fsp3) is 0.294. The third-order valence-corrected chi connectivity index (χ3v) is 5.55. The minimum absolute atomic E-state index is 0.275. The summed E-state index contributed by atoms with van der Waals surface area (Å²) < 4.78 is 0. The van der Waals surface area contributed by atoms with Crippen LogP contribution in [-0.4, -0.2) is 5.38 Å². The van der Waals surface area contributed by atoms with E-state index < -0.39 is 0 Å². The minimum Gasteiger partial charge on any atom is -0.145 e. The largest absolute Gasteiger partial charge is 0.145 e. The highest BCUT2D eigenvalue weighted by atomic mass is 35.5. The normalized spacial score (nSPS) is 27.1. The second-order valence-electron chi connectivity index (χ2n) is 5.00. The lowest BCUT2D eigenvalue weighted by Gasteiger charge is -2.32. The van der Waals surface area contributed by atoms with E-state index in [1.54, 1.807) is 0 Å². The summed E-state index contributed by atoms with van der Waals surface area (Å²) in [5.74, 6) is 0. The number of alkyl halides is 1. The van der Waals surface area contributed by atoms with E-state index in [0.29, 0.717) is 10.5 Å². The van der Waals surface area contributed by atoms with Crippen LogP contribution >= 0.6 is 23.4 Å². The molecule has 0 amide bonds. The lowest BCUT2D eigenvalue weighted by atomic mass is 10.0. The molecule has 98 valence electrons. The molecule has 0 bridgehead atoms. The van der Waals surface area contributed by atoms with E-state index in [1.165, 1.54) is 11.1 Å². The summed E-state index contributed by atoms with van der Waals surface area (Å²) in [4.78, 5) is 0. The third-order valence-electron chi connectivity index (χ3n) is 3.61. The zero-order valence-corrected chi connectivity index (χ0v) is 12.3. The Hall–Kier alpha value is -0.920. The molecular formula is C17H17ClS. The predicted molar refractivity (Wildman–Crippen MR) is 84.8 cm³/mol. The highest BCUT2D eigenvalue weighted by Gasteiger charge is 2.29. The monoisotopic (exact) mass is 288 g/mol. The molecular weight excluding hydrogens is 272 g/mol. The first-order valence-electron chi connectivity index (χ1n) is 6.72. The molecule has 19 heavy (non-hydrogen) atoms. The molecule has 1 saturated heterocycles. The highest BCUT2D eigenvalue weighted by Crippen LogP contribution is 2.51. The summed E-state index contributed by atoms with van der Waals surface area (Å²) in [5.41, 5.74) is 2.80. The summed E-state index contributed by atoms with van der Waals surface area (Å²) in [6.45, 7) is 0. The lowest BCUT2D eigenvalue weighted by Crippen LogP contribution is -2.16. The van der Waals surface area contributed by atoms with Crippen molar-refractivity contribution in [2.24, 2.45) is 0 Å². The van der Waals surface area contributed by atoms with Gasteiger partial charge in [0.2, 0.25) is 0 Å². The van der Waals surface area contributed by atoms with E-state index in [-0.39, 0.29) is 5.38 Å². The first kappa shape index (κ1) is 13.1. The van der Waals surface area contributed by atoms with Gasteiger partial charge in [-0.2, -0.15) is 0 Å². The Bertz CT molecular complexity index is 464. The SMILES string of the molecule is ClC1CC(c2ccccc2)SC(c2ccccc2)C1. The molecule has 1 aliphatic heterocycles. The van der Waals surface area contributed by atoms with Crippen LogP contribution in [0.3, 0.4) is 0 Å². The summed E-state index contributed by atoms with van der Waals surface area (Å²) in [7, 11) is 0. The van der Waals surface area contributed by atoms with Crippen molar-refractivity contribution in [1.82, 2.24) is 0 Å². The van der Waals surface area contributed by atoms with Crippen molar-refractivity contribution in [2.75, 3.05) is 0 Å². The van der Waals surface area contributed by atoms with Crippen LogP contribution in [0.5, 0.6) is 0 Å². The van der Waals surface area contributed by atoms with Gasteiger partial charge in [0.05, 0.1) is 0 Å². The quantitative estimate of drug-likeness (QED) is 0.648. The predicted octanol–water partition coefficient (Wildman–Crippen LogP) is 5.60. The second kappa shape index (κ2) is 6.02. The molecule has 1 heterocycles. The second-order valence-corrected chi connectivity index (χ2v) is 7.03. The molecule has 0 spiro atoms. The standard InChI is InChI=1S/C17H17ClS/c18-15-11-16(13-7-3-1-4-8-13)19-17(12-15)14-9-5-2-6-10-14/h1-10,15-17H,11-12H2. The van der Waals surface area contributed by atoms with Crippen LogP contribution in [0.25, 0.3) is 0 Å². The molecule has 1 fully saturated rings. The first-order valence-corrected chi connectivity index (χ1v) is 8.10. The van der Waals surface area contributed by atoms with Crippen LogP contribution in [-0.2, 0) is 0 Å². The molecule has 3 rings (SSSR count). The summed E-state index contributed by atoms with van der Waals surface area (Å²) in [6.07, 6.45) is 2.14. The van der Waals surface area contributed by atoms with Gasteiger partial charge in [-0.05, 0) is 24.0 Å². The Morgan fingerprint density at radius 2 is 1.16 bits per heavy atom. The van der Waals surface area contributed by atoms with E-state index >= 15 is 0 Å². The van der Waals surface area contributed by atoms with Gasteiger partial charge in [0, 0.05) is 15.9 Å². The Labute approximate surface area is 124 Å². The van der Waals surface area contributed by atoms with Crippen LogP contribution < -0.4 is 0 Å². The molecule has 0 aliphatic carbocycles. The van der Waals surface area contributed by atoms with E-state index in [1.807, 2.05) is 0 Å². The first-order chi connectivity index (χ1) is 9.33. The molecule has 2 heteroatoms. The van der Waals surface area contributed by atoms with E-state index in [9.17, 15) is 0 Å². The lowest BCUT2D eigenvalue weighted by molar-refractivity contribution is 0.638. The van der Waals surface area contributed by atoms with E-state index in [4.69, 9.17) is 11.6 Å². The van der Waals surface area contributed by atoms with Crippen LogP contribution in [0.1, 0.15) is 34.5 Å². The molecule has 2 atom stereocenters. The highest BCUT2D eigenvalue weighted by molar-refractivity contribution is 7.99. The van der Waals surface area contributed by atoms with Crippen LogP contribution in [0.2, 0.25) is 0 Å². The maximum Gasteiger partial charge on any atom is 0.0363 e. The summed E-state index contributed by atoms with van der Waals surface area (Å²) in [6, 6.07) is 21.5. The van der Waals surface area contributed by atoms with Crippen LogP contribution in [0, 0.1) is 0 Å². The average molecular weight is 289 g/mol. The summed E-state index contributed by atoms with van der Waals surface area (Å²) >= 11 is 8.55. The maximum absolute atomic E-state index is 6.49. The zero-order chi connectivity index (χ0) is 13.1. The average Bonchev–Trinajstić information content (AvgIpc) is 2.48. The number of thioether (sulfide) groups is 1. The zero-order valence-electron chi connectivity index (χ0n) is 10.7. The van der Waals surface area contributed by atoms with Gasteiger partial charge in [-0.15, -0.1) is 23.4 Å². The molecule has 0 nitrogen and oxygen atoms in total. The van der Waals surface area contributed by atoms with Gasteiger partial charge in [-0.3, -0.25) is 0 Å². The van der Waals surface area contributed by atoms with Gasteiger partial charge < -0.3 is 0 Å². The van der Waals surface area contributed by atoms with Crippen molar-refractivity contribution in [1.29, 1.82) is 0 Å². The van der Waals surface area contributed by atoms with Gasteiger partial charge in [0.25, 0.3) is 0 Å². The molecule has 2 unspecified atom stereocenters. The minimum atomic E-state index is 0.275. The Morgan fingerprint density at radius 3 is 1.58 bits per heavy atom. The van der Waals surface area contributed by atoms with Gasteiger partial charge >= 0.3 is 0 Å². The number of halogens is 1. The Balaban J connectivity index is 1.82. The maximum atomic E-state index is 6.49. The number of benzene rings is 2.